The first-order valence-electron chi connectivity index (χ1n) is 7.15. The van der Waals surface area contributed by atoms with Crippen LogP contribution < -0.4 is 4.57 Å². The van der Waals surface area contributed by atoms with Gasteiger partial charge in [-0.3, -0.25) is 0 Å². The first-order valence-corrected chi connectivity index (χ1v) is 7.15. The Bertz CT molecular complexity index is 910. The summed E-state index contributed by atoms with van der Waals surface area (Å²) >= 11 is 0. The molecule has 0 bridgehead atoms. The summed E-state index contributed by atoms with van der Waals surface area (Å²) in [4.78, 5) is 4.53. The molecular formula is C18H14N3O+. The average molecular weight is 288 g/mol. The van der Waals surface area contributed by atoms with Crippen molar-refractivity contribution in [3.8, 4) is 11.5 Å². The Labute approximate surface area is 127 Å². The molecule has 0 fully saturated rings. The van der Waals surface area contributed by atoms with E-state index in [9.17, 15) is 0 Å². The molecule has 4 heteroatoms. The summed E-state index contributed by atoms with van der Waals surface area (Å²) in [5, 5.41) is 6.37. The molecule has 0 saturated carbocycles. The standard InChI is InChI=1S/C18H14N3O/c1-4-11-21(12-5-1)13-17-19-18(22-20-17)16-10-6-8-14-7-2-3-9-15(14)16/h1-12H,13H2/q+1. The van der Waals surface area contributed by atoms with Gasteiger partial charge in [-0.1, -0.05) is 47.6 Å². The maximum absolute atomic E-state index is 5.46. The van der Waals surface area contributed by atoms with Gasteiger partial charge in [0.25, 0.3) is 5.89 Å². The molecule has 2 aromatic carbocycles. The molecular weight excluding hydrogens is 274 g/mol. The minimum absolute atomic E-state index is 0.559. The molecule has 22 heavy (non-hydrogen) atoms. The molecule has 0 saturated heterocycles. The fraction of sp³-hybridized carbons (Fsp3) is 0.0556. The van der Waals surface area contributed by atoms with Crippen LogP contribution in [0.25, 0.3) is 22.2 Å². The van der Waals surface area contributed by atoms with E-state index in [4.69, 9.17) is 4.52 Å². The lowest BCUT2D eigenvalue weighted by molar-refractivity contribution is -0.689. The summed E-state index contributed by atoms with van der Waals surface area (Å²) in [7, 11) is 0. The van der Waals surface area contributed by atoms with Crippen molar-refractivity contribution in [3.63, 3.8) is 0 Å². The topological polar surface area (TPSA) is 42.8 Å². The fourth-order valence-electron chi connectivity index (χ4n) is 2.54. The molecule has 0 radical (unpaired) electrons. The molecule has 0 aliphatic rings. The second-order valence-corrected chi connectivity index (χ2v) is 5.09. The maximum Gasteiger partial charge on any atom is 0.258 e. The summed E-state index contributed by atoms with van der Waals surface area (Å²) in [5.74, 6) is 1.22. The first-order chi connectivity index (χ1) is 10.9. The van der Waals surface area contributed by atoms with Crippen LogP contribution in [0.15, 0.2) is 77.6 Å². The Hall–Kier alpha value is -3.01. The number of fused-ring (bicyclic) bond motifs is 1. The van der Waals surface area contributed by atoms with Gasteiger partial charge in [0.1, 0.15) is 0 Å². The monoisotopic (exact) mass is 288 g/mol. The van der Waals surface area contributed by atoms with Crippen LogP contribution in [0, 0.1) is 0 Å². The van der Waals surface area contributed by atoms with Gasteiger partial charge < -0.3 is 4.52 Å². The second kappa shape index (κ2) is 5.41. The van der Waals surface area contributed by atoms with E-state index < -0.39 is 0 Å². The molecule has 0 N–H and O–H groups in total. The zero-order chi connectivity index (χ0) is 14.8. The third-order valence-electron chi connectivity index (χ3n) is 3.59. The predicted octanol–water partition coefficient (Wildman–Crippen LogP) is 3.23. The van der Waals surface area contributed by atoms with Crippen molar-refractivity contribution in [3.05, 3.63) is 78.9 Å². The highest BCUT2D eigenvalue weighted by Gasteiger charge is 2.14. The van der Waals surface area contributed by atoms with Gasteiger partial charge >= 0.3 is 0 Å². The Morgan fingerprint density at radius 1 is 0.864 bits per heavy atom. The van der Waals surface area contributed by atoms with Gasteiger partial charge in [0, 0.05) is 17.7 Å². The van der Waals surface area contributed by atoms with E-state index in [2.05, 4.69) is 28.3 Å². The van der Waals surface area contributed by atoms with Gasteiger partial charge in [0.15, 0.2) is 12.4 Å². The smallest absolute Gasteiger partial charge is 0.258 e. The third kappa shape index (κ3) is 2.35. The number of nitrogens with zero attached hydrogens (tertiary/aromatic N) is 3. The molecule has 4 nitrogen and oxygen atoms in total. The molecule has 2 aromatic heterocycles. The summed E-state index contributed by atoms with van der Waals surface area (Å²) in [6.07, 6.45) is 3.96. The highest BCUT2D eigenvalue weighted by molar-refractivity contribution is 5.94. The molecule has 0 aliphatic carbocycles. The number of hydrogen-bond acceptors (Lipinski definition) is 3. The quantitative estimate of drug-likeness (QED) is 0.544. The minimum atomic E-state index is 0.559. The molecule has 0 amide bonds. The zero-order valence-electron chi connectivity index (χ0n) is 11.9. The average Bonchev–Trinajstić information content (AvgIpc) is 3.03. The van der Waals surface area contributed by atoms with E-state index in [0.717, 1.165) is 16.3 Å². The van der Waals surface area contributed by atoms with Crippen molar-refractivity contribution in [1.29, 1.82) is 0 Å². The Kier molecular flexibility index (Phi) is 3.12. The van der Waals surface area contributed by atoms with Crippen molar-refractivity contribution in [1.82, 2.24) is 10.1 Å². The van der Waals surface area contributed by atoms with Crippen LogP contribution in [0.4, 0.5) is 0 Å². The summed E-state index contributed by atoms with van der Waals surface area (Å²) < 4.78 is 7.47. The van der Waals surface area contributed by atoms with Crippen LogP contribution in [0.5, 0.6) is 0 Å². The van der Waals surface area contributed by atoms with Gasteiger partial charge in [-0.15, -0.1) is 0 Å². The zero-order valence-corrected chi connectivity index (χ0v) is 11.9. The lowest BCUT2D eigenvalue weighted by Crippen LogP contribution is -2.33. The molecule has 0 atom stereocenters. The first kappa shape index (κ1) is 12.7. The lowest BCUT2D eigenvalue weighted by Gasteiger charge is -2.01. The van der Waals surface area contributed by atoms with Crippen LogP contribution in [0.2, 0.25) is 0 Å². The van der Waals surface area contributed by atoms with Crippen molar-refractivity contribution < 1.29 is 9.09 Å². The van der Waals surface area contributed by atoms with Crippen molar-refractivity contribution >= 4 is 10.8 Å². The fourth-order valence-corrected chi connectivity index (χ4v) is 2.54. The van der Waals surface area contributed by atoms with E-state index in [-0.39, 0.29) is 0 Å². The van der Waals surface area contributed by atoms with Crippen molar-refractivity contribution in [2.24, 2.45) is 0 Å². The van der Waals surface area contributed by atoms with Gasteiger partial charge in [0.05, 0.1) is 0 Å². The molecule has 0 unspecified atom stereocenters. The Morgan fingerprint density at radius 2 is 1.68 bits per heavy atom. The number of hydrogen-bond donors (Lipinski definition) is 0. The van der Waals surface area contributed by atoms with Gasteiger partial charge in [0.2, 0.25) is 12.4 Å². The van der Waals surface area contributed by atoms with Gasteiger partial charge in [-0.2, -0.15) is 9.55 Å². The van der Waals surface area contributed by atoms with Crippen LogP contribution >= 0.6 is 0 Å². The van der Waals surface area contributed by atoms with Crippen LogP contribution in [-0.2, 0) is 6.54 Å². The van der Waals surface area contributed by atoms with E-state index in [0.29, 0.717) is 18.3 Å². The molecule has 0 spiro atoms. The highest BCUT2D eigenvalue weighted by atomic mass is 16.5. The van der Waals surface area contributed by atoms with Crippen LogP contribution in [0.3, 0.4) is 0 Å². The summed E-state index contributed by atoms with van der Waals surface area (Å²) in [5.41, 5.74) is 0.968. The normalized spacial score (nSPS) is 10.9. The minimum Gasteiger partial charge on any atom is -0.334 e. The van der Waals surface area contributed by atoms with Gasteiger partial charge in [-0.05, 0) is 16.8 Å². The second-order valence-electron chi connectivity index (χ2n) is 5.09. The van der Waals surface area contributed by atoms with E-state index in [1.807, 2.05) is 59.4 Å². The summed E-state index contributed by atoms with van der Waals surface area (Å²) in [6, 6.07) is 20.2. The maximum atomic E-state index is 5.46. The Balaban J connectivity index is 1.71. The van der Waals surface area contributed by atoms with Crippen molar-refractivity contribution in [2.45, 2.75) is 6.54 Å². The number of benzene rings is 2. The predicted molar refractivity (Wildman–Crippen MR) is 83.0 cm³/mol. The molecule has 2 heterocycles. The van der Waals surface area contributed by atoms with Gasteiger partial charge in [-0.25, -0.2) is 0 Å². The molecule has 4 aromatic rings. The van der Waals surface area contributed by atoms with E-state index in [1.165, 1.54) is 0 Å². The molecule has 4 rings (SSSR count). The number of aromatic nitrogens is 3. The SMILES string of the molecule is c1cc[n+](Cc2noc(-c3cccc4ccccc34)n2)cc1. The van der Waals surface area contributed by atoms with E-state index >= 15 is 0 Å². The van der Waals surface area contributed by atoms with E-state index in [1.54, 1.807) is 0 Å². The Morgan fingerprint density at radius 3 is 2.59 bits per heavy atom. The van der Waals surface area contributed by atoms with Crippen LogP contribution in [0.1, 0.15) is 5.82 Å². The number of pyridine rings is 1. The number of rotatable bonds is 3. The highest BCUT2D eigenvalue weighted by Crippen LogP contribution is 2.27. The van der Waals surface area contributed by atoms with Crippen LogP contribution in [-0.4, -0.2) is 10.1 Å². The molecule has 0 aliphatic heterocycles. The lowest BCUT2D eigenvalue weighted by atomic mass is 10.0. The largest absolute Gasteiger partial charge is 0.334 e. The molecule has 106 valence electrons. The van der Waals surface area contributed by atoms with Crippen molar-refractivity contribution in [2.75, 3.05) is 0 Å². The third-order valence-corrected chi connectivity index (χ3v) is 3.59. The summed E-state index contributed by atoms with van der Waals surface area (Å²) in [6.45, 7) is 0.592.